The van der Waals surface area contributed by atoms with Crippen molar-refractivity contribution < 1.29 is 19.2 Å². The third kappa shape index (κ3) is 5.14. The number of anilines is 2. The SMILES string of the molecule is CCOC(=O)c1cnc(SCC(=O)Nc2cccc([N+](=O)[O-])c2)nc1N. The zero-order valence-electron chi connectivity index (χ0n) is 13.7. The van der Waals surface area contributed by atoms with Gasteiger partial charge in [-0.05, 0) is 13.0 Å². The summed E-state index contributed by atoms with van der Waals surface area (Å²) in [7, 11) is 0. The first-order valence-corrected chi connectivity index (χ1v) is 8.36. The average molecular weight is 377 g/mol. The van der Waals surface area contributed by atoms with E-state index < -0.39 is 16.8 Å². The predicted molar refractivity (Wildman–Crippen MR) is 94.9 cm³/mol. The van der Waals surface area contributed by atoms with Crippen molar-refractivity contribution in [3.8, 4) is 0 Å². The number of hydrogen-bond donors (Lipinski definition) is 2. The standard InChI is InChI=1S/C15H15N5O5S/c1-2-25-14(22)11-7-17-15(19-13(11)16)26-8-12(21)18-9-4-3-5-10(6-9)20(23)24/h3-7H,2,8H2,1H3,(H,18,21)(H2,16,17,19). The number of carbonyl (C=O) groups is 2. The number of non-ortho nitro benzene ring substituents is 1. The Kier molecular flexibility index (Phi) is 6.44. The lowest BCUT2D eigenvalue weighted by Gasteiger charge is -2.06. The third-order valence-electron chi connectivity index (χ3n) is 2.96. The number of nitro groups is 1. The van der Waals surface area contributed by atoms with Gasteiger partial charge in [0.25, 0.3) is 5.69 Å². The normalized spacial score (nSPS) is 10.2. The van der Waals surface area contributed by atoms with E-state index in [1.807, 2.05) is 0 Å². The molecule has 11 heteroatoms. The van der Waals surface area contributed by atoms with Gasteiger partial charge in [0.1, 0.15) is 11.4 Å². The van der Waals surface area contributed by atoms with E-state index in [1.165, 1.54) is 30.5 Å². The van der Waals surface area contributed by atoms with Crippen LogP contribution >= 0.6 is 11.8 Å². The van der Waals surface area contributed by atoms with Gasteiger partial charge in [0.15, 0.2) is 5.16 Å². The first kappa shape index (κ1) is 19.1. The number of nitrogens with two attached hydrogens (primary N) is 1. The molecule has 0 bridgehead atoms. The number of rotatable bonds is 7. The molecule has 26 heavy (non-hydrogen) atoms. The number of benzene rings is 1. The van der Waals surface area contributed by atoms with Gasteiger partial charge < -0.3 is 15.8 Å². The molecule has 1 heterocycles. The minimum absolute atomic E-state index is 0.0408. The van der Waals surface area contributed by atoms with Crippen molar-refractivity contribution in [1.82, 2.24) is 9.97 Å². The van der Waals surface area contributed by atoms with Crippen LogP contribution in [0.5, 0.6) is 0 Å². The number of carbonyl (C=O) groups excluding carboxylic acids is 2. The monoisotopic (exact) mass is 377 g/mol. The van der Waals surface area contributed by atoms with Crippen LogP contribution < -0.4 is 11.1 Å². The molecule has 0 unspecified atom stereocenters. The van der Waals surface area contributed by atoms with Crippen molar-refractivity contribution in [3.63, 3.8) is 0 Å². The van der Waals surface area contributed by atoms with E-state index in [0.717, 1.165) is 11.8 Å². The van der Waals surface area contributed by atoms with Crippen LogP contribution in [0.15, 0.2) is 35.6 Å². The van der Waals surface area contributed by atoms with E-state index in [0.29, 0.717) is 5.69 Å². The summed E-state index contributed by atoms with van der Waals surface area (Å²) in [6.07, 6.45) is 1.24. The number of nitrogen functional groups attached to an aromatic ring is 1. The maximum Gasteiger partial charge on any atom is 0.343 e. The summed E-state index contributed by atoms with van der Waals surface area (Å²) in [4.78, 5) is 41.7. The summed E-state index contributed by atoms with van der Waals surface area (Å²) in [6.45, 7) is 1.87. The molecule has 3 N–H and O–H groups in total. The third-order valence-corrected chi connectivity index (χ3v) is 3.83. The van der Waals surface area contributed by atoms with Crippen molar-refractivity contribution in [2.24, 2.45) is 0 Å². The number of nitrogens with one attached hydrogen (secondary N) is 1. The molecule has 136 valence electrons. The average Bonchev–Trinajstić information content (AvgIpc) is 2.60. The van der Waals surface area contributed by atoms with Crippen molar-refractivity contribution >= 4 is 40.8 Å². The molecule has 0 spiro atoms. The second-order valence-electron chi connectivity index (χ2n) is 4.82. The van der Waals surface area contributed by atoms with E-state index in [9.17, 15) is 19.7 Å². The Labute approximate surface area is 152 Å². The van der Waals surface area contributed by atoms with E-state index in [4.69, 9.17) is 10.5 Å². The molecule has 0 saturated carbocycles. The molecule has 0 atom stereocenters. The fraction of sp³-hybridized carbons (Fsp3) is 0.200. The van der Waals surface area contributed by atoms with Gasteiger partial charge in [-0.3, -0.25) is 14.9 Å². The number of thioether (sulfide) groups is 1. The van der Waals surface area contributed by atoms with Gasteiger partial charge in [0.05, 0.1) is 17.3 Å². The Morgan fingerprint density at radius 2 is 2.19 bits per heavy atom. The van der Waals surface area contributed by atoms with Crippen LogP contribution in [0.4, 0.5) is 17.2 Å². The summed E-state index contributed by atoms with van der Waals surface area (Å²) >= 11 is 1.01. The highest BCUT2D eigenvalue weighted by Gasteiger charge is 2.15. The summed E-state index contributed by atoms with van der Waals surface area (Å²) < 4.78 is 4.82. The fourth-order valence-electron chi connectivity index (χ4n) is 1.84. The number of amides is 1. The largest absolute Gasteiger partial charge is 0.462 e. The first-order valence-electron chi connectivity index (χ1n) is 7.37. The van der Waals surface area contributed by atoms with Crippen LogP contribution in [0.1, 0.15) is 17.3 Å². The van der Waals surface area contributed by atoms with Gasteiger partial charge in [-0.25, -0.2) is 14.8 Å². The fourth-order valence-corrected chi connectivity index (χ4v) is 2.46. The molecule has 2 aromatic rings. The molecule has 0 aliphatic heterocycles. The molecule has 10 nitrogen and oxygen atoms in total. The van der Waals surface area contributed by atoms with Gasteiger partial charge in [-0.2, -0.15) is 0 Å². The molecule has 0 radical (unpaired) electrons. The Morgan fingerprint density at radius 1 is 1.42 bits per heavy atom. The molecule has 0 fully saturated rings. The van der Waals surface area contributed by atoms with Crippen molar-refractivity contribution in [2.75, 3.05) is 23.4 Å². The van der Waals surface area contributed by atoms with Crippen molar-refractivity contribution in [1.29, 1.82) is 0 Å². The molecule has 2 rings (SSSR count). The zero-order valence-corrected chi connectivity index (χ0v) is 14.5. The number of ether oxygens (including phenoxy) is 1. The maximum absolute atomic E-state index is 11.9. The van der Waals surface area contributed by atoms with E-state index >= 15 is 0 Å². The Hall–Kier alpha value is -3.21. The number of nitro benzene ring substituents is 1. The van der Waals surface area contributed by atoms with Crippen molar-refractivity contribution in [2.45, 2.75) is 12.1 Å². The minimum Gasteiger partial charge on any atom is -0.462 e. The molecular weight excluding hydrogens is 362 g/mol. The highest BCUT2D eigenvalue weighted by molar-refractivity contribution is 7.99. The molecule has 1 aromatic carbocycles. The zero-order chi connectivity index (χ0) is 19.1. The van der Waals surface area contributed by atoms with Crippen LogP contribution in [-0.4, -0.2) is 39.1 Å². The quantitative estimate of drug-likeness (QED) is 0.242. The van der Waals surface area contributed by atoms with Gasteiger partial charge in [0, 0.05) is 24.0 Å². The van der Waals surface area contributed by atoms with Gasteiger partial charge in [-0.1, -0.05) is 17.8 Å². The first-order chi connectivity index (χ1) is 12.4. The number of nitrogens with zero attached hydrogens (tertiary/aromatic N) is 3. The molecule has 1 amide bonds. The number of esters is 1. The topological polar surface area (TPSA) is 150 Å². The second kappa shape index (κ2) is 8.76. The Morgan fingerprint density at radius 3 is 2.85 bits per heavy atom. The maximum atomic E-state index is 11.9. The molecule has 1 aromatic heterocycles. The summed E-state index contributed by atoms with van der Waals surface area (Å²) in [5.74, 6) is -1.10. The van der Waals surface area contributed by atoms with Gasteiger partial charge in [-0.15, -0.1) is 0 Å². The van der Waals surface area contributed by atoms with E-state index in [2.05, 4.69) is 15.3 Å². The molecule has 0 aliphatic carbocycles. The Bertz CT molecular complexity index is 845. The van der Waals surface area contributed by atoms with Gasteiger partial charge in [0.2, 0.25) is 5.91 Å². The Balaban J connectivity index is 1.95. The van der Waals surface area contributed by atoms with Crippen molar-refractivity contribution in [3.05, 3.63) is 46.1 Å². The summed E-state index contributed by atoms with van der Waals surface area (Å²) in [6, 6.07) is 5.59. The lowest BCUT2D eigenvalue weighted by Crippen LogP contribution is -2.15. The second-order valence-corrected chi connectivity index (χ2v) is 5.76. The van der Waals surface area contributed by atoms with E-state index in [1.54, 1.807) is 6.92 Å². The highest BCUT2D eigenvalue weighted by Crippen LogP contribution is 2.19. The summed E-state index contributed by atoms with van der Waals surface area (Å²) in [5, 5.41) is 13.5. The predicted octanol–water partition coefficient (Wildman–Crippen LogP) is 1.87. The van der Waals surface area contributed by atoms with Crippen LogP contribution in [0.3, 0.4) is 0 Å². The number of aromatic nitrogens is 2. The van der Waals surface area contributed by atoms with Crippen LogP contribution in [-0.2, 0) is 9.53 Å². The minimum atomic E-state index is -0.620. The molecule has 0 saturated heterocycles. The van der Waals surface area contributed by atoms with Crippen LogP contribution in [0.2, 0.25) is 0 Å². The van der Waals surface area contributed by atoms with E-state index in [-0.39, 0.29) is 34.6 Å². The smallest absolute Gasteiger partial charge is 0.343 e. The lowest BCUT2D eigenvalue weighted by atomic mass is 10.3. The van der Waals surface area contributed by atoms with Crippen LogP contribution in [0.25, 0.3) is 0 Å². The van der Waals surface area contributed by atoms with Crippen LogP contribution in [0, 0.1) is 10.1 Å². The molecule has 0 aliphatic rings. The molecular formula is C15H15N5O5S. The number of hydrogen-bond acceptors (Lipinski definition) is 9. The van der Waals surface area contributed by atoms with Gasteiger partial charge >= 0.3 is 5.97 Å². The lowest BCUT2D eigenvalue weighted by molar-refractivity contribution is -0.384. The summed E-state index contributed by atoms with van der Waals surface area (Å²) in [5.41, 5.74) is 5.94. The highest BCUT2D eigenvalue weighted by atomic mass is 32.2.